The van der Waals surface area contributed by atoms with E-state index in [2.05, 4.69) is 26.3 Å². The normalized spacial score (nSPS) is 16.8. The van der Waals surface area contributed by atoms with Crippen molar-refractivity contribution in [3.8, 4) is 0 Å². The minimum absolute atomic E-state index is 0.201. The van der Waals surface area contributed by atoms with Gasteiger partial charge in [0.05, 0.1) is 17.8 Å². The fourth-order valence-electron chi connectivity index (χ4n) is 3.48. The summed E-state index contributed by atoms with van der Waals surface area (Å²) in [6.07, 6.45) is 7.11. The predicted octanol–water partition coefficient (Wildman–Crippen LogP) is 4.52. The Morgan fingerprint density at radius 1 is 1.16 bits per heavy atom. The number of halogens is 1. The lowest BCUT2D eigenvalue weighted by atomic mass is 10.1. The number of anilines is 1. The molecule has 0 aliphatic carbocycles. The molecule has 3 aromatic rings. The highest BCUT2D eigenvalue weighted by Crippen LogP contribution is 2.27. The summed E-state index contributed by atoms with van der Waals surface area (Å²) in [5.41, 5.74) is 0.845. The number of piperidine rings is 1. The van der Waals surface area contributed by atoms with Gasteiger partial charge in [-0.15, -0.1) is 0 Å². The molecule has 0 amide bonds. The van der Waals surface area contributed by atoms with Crippen molar-refractivity contribution in [3.63, 3.8) is 0 Å². The minimum atomic E-state index is 0.201. The lowest BCUT2D eigenvalue weighted by Crippen LogP contribution is -2.37. The molecule has 4 rings (SSSR count). The molecule has 1 aromatic carbocycles. The molecule has 130 valence electrons. The van der Waals surface area contributed by atoms with E-state index in [1.54, 1.807) is 12.6 Å². The molecule has 5 nitrogen and oxygen atoms in total. The number of nitrogens with one attached hydrogen (secondary N) is 1. The van der Waals surface area contributed by atoms with Gasteiger partial charge in [0.15, 0.2) is 0 Å². The van der Waals surface area contributed by atoms with Gasteiger partial charge in [0.25, 0.3) is 0 Å². The SMILES string of the molecule is Clc1ccc2c(NCC(c3ccco3)N3CCCCC3)ncnc2c1. The second-order valence-electron chi connectivity index (χ2n) is 6.39. The number of rotatable bonds is 5. The summed E-state index contributed by atoms with van der Waals surface area (Å²) in [4.78, 5) is 11.2. The van der Waals surface area contributed by atoms with E-state index in [1.165, 1.54) is 19.3 Å². The molecule has 1 unspecified atom stereocenters. The third-order valence-corrected chi connectivity index (χ3v) is 5.00. The number of hydrogen-bond donors (Lipinski definition) is 1. The van der Waals surface area contributed by atoms with Gasteiger partial charge in [0.1, 0.15) is 17.9 Å². The highest BCUT2D eigenvalue weighted by molar-refractivity contribution is 6.31. The fourth-order valence-corrected chi connectivity index (χ4v) is 3.65. The molecule has 1 atom stereocenters. The molecule has 3 heterocycles. The standard InChI is InChI=1S/C19H21ClN4O/c20-14-6-7-15-16(11-14)22-13-23-19(15)21-12-17(18-5-4-10-25-18)24-8-2-1-3-9-24/h4-7,10-11,13,17H,1-3,8-9,12H2,(H,21,22,23). The summed E-state index contributed by atoms with van der Waals surface area (Å²) >= 11 is 6.07. The van der Waals surface area contributed by atoms with E-state index < -0.39 is 0 Å². The summed E-state index contributed by atoms with van der Waals surface area (Å²) in [6.45, 7) is 2.95. The van der Waals surface area contributed by atoms with Crippen molar-refractivity contribution >= 4 is 28.3 Å². The van der Waals surface area contributed by atoms with Crippen LogP contribution in [-0.4, -0.2) is 34.5 Å². The molecule has 25 heavy (non-hydrogen) atoms. The van der Waals surface area contributed by atoms with Gasteiger partial charge in [0.2, 0.25) is 0 Å². The summed E-state index contributed by atoms with van der Waals surface area (Å²) in [6, 6.07) is 9.90. The van der Waals surface area contributed by atoms with Crippen molar-refractivity contribution in [1.82, 2.24) is 14.9 Å². The van der Waals surface area contributed by atoms with E-state index >= 15 is 0 Å². The van der Waals surface area contributed by atoms with Gasteiger partial charge in [-0.05, 0) is 56.3 Å². The number of benzene rings is 1. The van der Waals surface area contributed by atoms with Crippen molar-refractivity contribution in [1.29, 1.82) is 0 Å². The highest BCUT2D eigenvalue weighted by Gasteiger charge is 2.24. The van der Waals surface area contributed by atoms with E-state index in [4.69, 9.17) is 16.0 Å². The van der Waals surface area contributed by atoms with E-state index in [0.29, 0.717) is 5.02 Å². The van der Waals surface area contributed by atoms with Crippen LogP contribution >= 0.6 is 11.6 Å². The van der Waals surface area contributed by atoms with Crippen molar-refractivity contribution < 1.29 is 4.42 Å². The molecule has 1 fully saturated rings. The molecule has 0 spiro atoms. The molecule has 2 aromatic heterocycles. The average molecular weight is 357 g/mol. The third kappa shape index (κ3) is 3.62. The predicted molar refractivity (Wildman–Crippen MR) is 99.9 cm³/mol. The summed E-state index contributed by atoms with van der Waals surface area (Å²) in [5, 5.41) is 5.15. The first-order chi connectivity index (χ1) is 12.3. The van der Waals surface area contributed by atoms with Crippen molar-refractivity contribution in [2.45, 2.75) is 25.3 Å². The Bertz CT molecular complexity index is 831. The Morgan fingerprint density at radius 2 is 2.04 bits per heavy atom. The van der Waals surface area contributed by atoms with E-state index in [1.807, 2.05) is 24.3 Å². The van der Waals surface area contributed by atoms with Crippen LogP contribution in [0, 0.1) is 0 Å². The zero-order valence-corrected chi connectivity index (χ0v) is 14.7. The van der Waals surface area contributed by atoms with Crippen molar-refractivity contribution in [2.24, 2.45) is 0 Å². The van der Waals surface area contributed by atoms with Crippen LogP contribution in [0.15, 0.2) is 47.3 Å². The summed E-state index contributed by atoms with van der Waals surface area (Å²) < 4.78 is 5.71. The van der Waals surface area contributed by atoms with Crippen LogP contribution in [0.4, 0.5) is 5.82 Å². The number of hydrogen-bond acceptors (Lipinski definition) is 5. The Hall–Kier alpha value is -2.11. The minimum Gasteiger partial charge on any atom is -0.468 e. The van der Waals surface area contributed by atoms with Crippen LogP contribution in [0.3, 0.4) is 0 Å². The Morgan fingerprint density at radius 3 is 2.84 bits per heavy atom. The van der Waals surface area contributed by atoms with Gasteiger partial charge >= 0.3 is 0 Å². The lowest BCUT2D eigenvalue weighted by Gasteiger charge is -2.33. The van der Waals surface area contributed by atoms with Gasteiger partial charge < -0.3 is 9.73 Å². The molecule has 6 heteroatoms. The molecule has 1 aliphatic rings. The molecule has 0 radical (unpaired) electrons. The average Bonchev–Trinajstić information content (AvgIpc) is 3.17. The summed E-state index contributed by atoms with van der Waals surface area (Å²) in [5.74, 6) is 1.83. The van der Waals surface area contributed by atoms with Crippen molar-refractivity contribution in [2.75, 3.05) is 25.0 Å². The molecule has 1 N–H and O–H groups in total. The lowest BCUT2D eigenvalue weighted by molar-refractivity contribution is 0.153. The number of fused-ring (bicyclic) bond motifs is 1. The van der Waals surface area contributed by atoms with Crippen LogP contribution in [0.1, 0.15) is 31.1 Å². The summed E-state index contributed by atoms with van der Waals surface area (Å²) in [7, 11) is 0. The maximum atomic E-state index is 6.07. The molecular weight excluding hydrogens is 336 g/mol. The van der Waals surface area contributed by atoms with Crippen LogP contribution in [0.2, 0.25) is 5.02 Å². The number of furan rings is 1. The number of aromatic nitrogens is 2. The highest BCUT2D eigenvalue weighted by atomic mass is 35.5. The van der Waals surface area contributed by atoms with E-state index in [0.717, 1.165) is 42.1 Å². The fraction of sp³-hybridized carbons (Fsp3) is 0.368. The molecule has 1 saturated heterocycles. The van der Waals surface area contributed by atoms with Crippen LogP contribution in [0.5, 0.6) is 0 Å². The van der Waals surface area contributed by atoms with Crippen LogP contribution in [-0.2, 0) is 0 Å². The molecule has 1 aliphatic heterocycles. The van der Waals surface area contributed by atoms with E-state index in [9.17, 15) is 0 Å². The second kappa shape index (κ2) is 7.42. The first kappa shape index (κ1) is 16.4. The smallest absolute Gasteiger partial charge is 0.137 e. The molecule has 0 saturated carbocycles. The van der Waals surface area contributed by atoms with E-state index in [-0.39, 0.29) is 6.04 Å². The van der Waals surface area contributed by atoms with Crippen molar-refractivity contribution in [3.05, 3.63) is 53.7 Å². The zero-order valence-electron chi connectivity index (χ0n) is 14.0. The third-order valence-electron chi connectivity index (χ3n) is 4.76. The Labute approximate surface area is 152 Å². The number of likely N-dealkylation sites (tertiary alicyclic amines) is 1. The molecule has 0 bridgehead atoms. The monoisotopic (exact) mass is 356 g/mol. The first-order valence-corrected chi connectivity index (χ1v) is 9.10. The topological polar surface area (TPSA) is 54.2 Å². The number of nitrogens with zero attached hydrogens (tertiary/aromatic N) is 3. The first-order valence-electron chi connectivity index (χ1n) is 8.73. The Balaban J connectivity index is 1.57. The van der Waals surface area contributed by atoms with Gasteiger partial charge in [0, 0.05) is 17.0 Å². The van der Waals surface area contributed by atoms with Crippen LogP contribution in [0.25, 0.3) is 10.9 Å². The maximum absolute atomic E-state index is 6.07. The van der Waals surface area contributed by atoms with Gasteiger partial charge in [-0.3, -0.25) is 4.90 Å². The van der Waals surface area contributed by atoms with Crippen LogP contribution < -0.4 is 5.32 Å². The zero-order chi connectivity index (χ0) is 17.1. The Kier molecular flexibility index (Phi) is 4.85. The van der Waals surface area contributed by atoms with Gasteiger partial charge in [-0.1, -0.05) is 18.0 Å². The van der Waals surface area contributed by atoms with Gasteiger partial charge in [-0.25, -0.2) is 9.97 Å². The molecular formula is C19H21ClN4O. The second-order valence-corrected chi connectivity index (χ2v) is 6.83. The largest absolute Gasteiger partial charge is 0.468 e. The quantitative estimate of drug-likeness (QED) is 0.728. The maximum Gasteiger partial charge on any atom is 0.137 e. The van der Waals surface area contributed by atoms with Gasteiger partial charge in [-0.2, -0.15) is 0 Å².